The number of likely N-dealkylation sites (tertiary alicyclic amines) is 1. The third-order valence-electron chi connectivity index (χ3n) is 4.58. The highest BCUT2D eigenvalue weighted by molar-refractivity contribution is 6.33. The molecule has 2 N–H and O–H groups in total. The summed E-state index contributed by atoms with van der Waals surface area (Å²) in [6, 6.07) is 12.0. The molecular formula is C19H20ClF2N2O+. The van der Waals surface area contributed by atoms with Crippen molar-refractivity contribution in [3.63, 3.8) is 0 Å². The zero-order valence-electron chi connectivity index (χ0n) is 13.7. The summed E-state index contributed by atoms with van der Waals surface area (Å²) in [5.74, 6) is -2.59. The van der Waals surface area contributed by atoms with Gasteiger partial charge in [-0.05, 0) is 12.1 Å². The number of nitrogens with one attached hydrogen (secondary N) is 2. The predicted octanol–water partition coefficient (Wildman–Crippen LogP) is 2.60. The zero-order valence-corrected chi connectivity index (χ0v) is 14.5. The number of benzene rings is 2. The van der Waals surface area contributed by atoms with Crippen LogP contribution < -0.4 is 10.2 Å². The molecule has 1 saturated heterocycles. The molecule has 1 fully saturated rings. The molecule has 0 saturated carbocycles. The van der Waals surface area contributed by atoms with Crippen molar-refractivity contribution in [3.05, 3.63) is 70.2 Å². The van der Waals surface area contributed by atoms with E-state index in [-0.39, 0.29) is 16.6 Å². The maximum absolute atomic E-state index is 13.3. The van der Waals surface area contributed by atoms with E-state index in [0.717, 1.165) is 44.6 Å². The molecule has 132 valence electrons. The van der Waals surface area contributed by atoms with Gasteiger partial charge < -0.3 is 10.2 Å². The van der Waals surface area contributed by atoms with Crippen LogP contribution in [0, 0.1) is 11.6 Å². The minimum absolute atomic E-state index is 0.0243. The second-order valence-corrected chi connectivity index (χ2v) is 6.81. The molecule has 0 bridgehead atoms. The number of amides is 1. The molecule has 0 spiro atoms. The van der Waals surface area contributed by atoms with Crippen molar-refractivity contribution >= 4 is 17.5 Å². The lowest BCUT2D eigenvalue weighted by atomic mass is 10.0. The van der Waals surface area contributed by atoms with Gasteiger partial charge in [0.25, 0.3) is 5.91 Å². The smallest absolute Gasteiger partial charge is 0.253 e. The molecule has 3 rings (SSSR count). The van der Waals surface area contributed by atoms with Crippen LogP contribution in [0.15, 0.2) is 42.5 Å². The van der Waals surface area contributed by atoms with E-state index >= 15 is 0 Å². The van der Waals surface area contributed by atoms with Crippen LogP contribution in [0.5, 0.6) is 0 Å². The highest BCUT2D eigenvalue weighted by atomic mass is 35.5. The van der Waals surface area contributed by atoms with E-state index in [0.29, 0.717) is 0 Å². The van der Waals surface area contributed by atoms with Crippen LogP contribution in [0.4, 0.5) is 8.78 Å². The predicted molar refractivity (Wildman–Crippen MR) is 92.7 cm³/mol. The minimum Gasteiger partial charge on any atom is -0.349 e. The SMILES string of the molecule is O=C(NC1CC[NH+](Cc2ccccc2)CC1)c1cc(F)c(F)cc1Cl. The van der Waals surface area contributed by atoms with Crippen molar-refractivity contribution in [2.24, 2.45) is 0 Å². The third kappa shape index (κ3) is 4.55. The highest BCUT2D eigenvalue weighted by Crippen LogP contribution is 2.20. The van der Waals surface area contributed by atoms with Crippen LogP contribution in [-0.2, 0) is 6.54 Å². The maximum Gasteiger partial charge on any atom is 0.253 e. The number of piperidine rings is 1. The van der Waals surface area contributed by atoms with Gasteiger partial charge in [-0.25, -0.2) is 8.78 Å². The molecule has 2 aromatic carbocycles. The summed E-state index contributed by atoms with van der Waals surface area (Å²) in [5, 5.41) is 2.80. The zero-order chi connectivity index (χ0) is 17.8. The van der Waals surface area contributed by atoms with E-state index in [4.69, 9.17) is 11.6 Å². The van der Waals surface area contributed by atoms with Gasteiger partial charge in [0.2, 0.25) is 0 Å². The monoisotopic (exact) mass is 365 g/mol. The number of hydrogen-bond acceptors (Lipinski definition) is 1. The first-order valence-corrected chi connectivity index (χ1v) is 8.73. The Morgan fingerprint density at radius 1 is 1.12 bits per heavy atom. The Morgan fingerprint density at radius 2 is 1.76 bits per heavy atom. The topological polar surface area (TPSA) is 33.5 Å². The first kappa shape index (κ1) is 17.8. The first-order chi connectivity index (χ1) is 12.0. The Bertz CT molecular complexity index is 747. The normalized spacial score (nSPS) is 20.3. The summed E-state index contributed by atoms with van der Waals surface area (Å²) in [5.41, 5.74) is 1.27. The van der Waals surface area contributed by atoms with Crippen LogP contribution in [-0.4, -0.2) is 25.0 Å². The van der Waals surface area contributed by atoms with Gasteiger partial charge in [-0.1, -0.05) is 41.9 Å². The number of hydrogen-bond donors (Lipinski definition) is 2. The van der Waals surface area contributed by atoms with Crippen LogP contribution in [0.3, 0.4) is 0 Å². The summed E-state index contributed by atoms with van der Waals surface area (Å²) in [4.78, 5) is 13.8. The fourth-order valence-electron chi connectivity index (χ4n) is 3.19. The Kier molecular flexibility index (Phi) is 5.66. The summed E-state index contributed by atoms with van der Waals surface area (Å²) < 4.78 is 26.4. The van der Waals surface area contributed by atoms with Gasteiger partial charge in [-0.15, -0.1) is 0 Å². The largest absolute Gasteiger partial charge is 0.349 e. The van der Waals surface area contributed by atoms with Crippen molar-refractivity contribution < 1.29 is 18.5 Å². The molecule has 6 heteroatoms. The highest BCUT2D eigenvalue weighted by Gasteiger charge is 2.25. The van der Waals surface area contributed by atoms with E-state index in [2.05, 4.69) is 17.4 Å². The Labute approximate surface area is 150 Å². The molecule has 1 aliphatic rings. The lowest BCUT2D eigenvalue weighted by Crippen LogP contribution is -3.12. The van der Waals surface area contributed by atoms with Gasteiger partial charge in [0, 0.05) is 24.4 Å². The fraction of sp³-hybridized carbons (Fsp3) is 0.316. The third-order valence-corrected chi connectivity index (χ3v) is 4.89. The van der Waals surface area contributed by atoms with Crippen LogP contribution >= 0.6 is 11.6 Å². The number of rotatable bonds is 4. The summed E-state index contributed by atoms with van der Waals surface area (Å²) in [6.07, 6.45) is 1.68. The first-order valence-electron chi connectivity index (χ1n) is 8.36. The molecule has 0 unspecified atom stereocenters. The molecule has 3 nitrogen and oxygen atoms in total. The van der Waals surface area contributed by atoms with Gasteiger partial charge in [0.05, 0.1) is 23.7 Å². The molecule has 1 amide bonds. The molecular weight excluding hydrogens is 346 g/mol. The Balaban J connectivity index is 1.54. The van der Waals surface area contributed by atoms with Crippen molar-refractivity contribution in [3.8, 4) is 0 Å². The number of quaternary nitrogens is 1. The van der Waals surface area contributed by atoms with Crippen LogP contribution in [0.2, 0.25) is 5.02 Å². The lowest BCUT2D eigenvalue weighted by Gasteiger charge is -2.30. The molecule has 25 heavy (non-hydrogen) atoms. The fourth-order valence-corrected chi connectivity index (χ4v) is 3.43. The van der Waals surface area contributed by atoms with Crippen molar-refractivity contribution in [2.75, 3.05) is 13.1 Å². The second-order valence-electron chi connectivity index (χ2n) is 6.41. The number of carbonyl (C=O) groups excluding carboxylic acids is 1. The number of carbonyl (C=O) groups is 1. The molecule has 1 heterocycles. The van der Waals surface area contributed by atoms with Gasteiger partial charge in [0.1, 0.15) is 6.54 Å². The van der Waals surface area contributed by atoms with Crippen LogP contribution in [0.25, 0.3) is 0 Å². The van der Waals surface area contributed by atoms with Gasteiger partial charge in [-0.2, -0.15) is 0 Å². The van der Waals surface area contributed by atoms with Gasteiger partial charge in [0.15, 0.2) is 11.6 Å². The second kappa shape index (κ2) is 7.93. The standard InChI is InChI=1S/C19H19ClF2N2O/c20-16-11-18(22)17(21)10-15(16)19(25)23-14-6-8-24(9-7-14)12-13-4-2-1-3-5-13/h1-5,10-11,14H,6-9,12H2,(H,23,25)/p+1. The van der Waals surface area contributed by atoms with Crippen molar-refractivity contribution in [1.82, 2.24) is 5.32 Å². The van der Waals surface area contributed by atoms with Crippen molar-refractivity contribution in [2.45, 2.75) is 25.4 Å². The maximum atomic E-state index is 13.3. The van der Waals surface area contributed by atoms with Crippen molar-refractivity contribution in [1.29, 1.82) is 0 Å². The Hall–Kier alpha value is -1.98. The van der Waals surface area contributed by atoms with E-state index < -0.39 is 17.5 Å². The molecule has 2 aromatic rings. The molecule has 0 aliphatic carbocycles. The minimum atomic E-state index is -1.07. The average Bonchev–Trinajstić information content (AvgIpc) is 2.60. The summed E-state index contributed by atoms with van der Waals surface area (Å²) >= 11 is 5.86. The van der Waals surface area contributed by atoms with E-state index in [9.17, 15) is 13.6 Å². The number of halogens is 3. The molecule has 1 aliphatic heterocycles. The Morgan fingerprint density at radius 3 is 2.44 bits per heavy atom. The lowest BCUT2D eigenvalue weighted by molar-refractivity contribution is -0.918. The van der Waals surface area contributed by atoms with Gasteiger partial charge >= 0.3 is 0 Å². The van der Waals surface area contributed by atoms with Crippen LogP contribution in [0.1, 0.15) is 28.8 Å². The molecule has 0 atom stereocenters. The summed E-state index contributed by atoms with van der Waals surface area (Å²) in [7, 11) is 0. The molecule has 0 radical (unpaired) electrons. The van der Waals surface area contributed by atoms with E-state index in [1.165, 1.54) is 10.5 Å². The quantitative estimate of drug-likeness (QED) is 0.802. The van der Waals surface area contributed by atoms with E-state index in [1.54, 1.807) is 0 Å². The average molecular weight is 366 g/mol. The molecule has 0 aromatic heterocycles. The van der Waals surface area contributed by atoms with E-state index in [1.807, 2.05) is 18.2 Å². The summed E-state index contributed by atoms with van der Waals surface area (Å²) in [6.45, 7) is 2.87. The van der Waals surface area contributed by atoms with Gasteiger partial charge in [-0.3, -0.25) is 4.79 Å².